The van der Waals surface area contributed by atoms with Crippen molar-refractivity contribution in [2.75, 3.05) is 0 Å². The molecule has 0 aliphatic heterocycles. The first kappa shape index (κ1) is 17.2. The molecule has 1 aliphatic carbocycles. The molecule has 2 heterocycles. The van der Waals surface area contributed by atoms with Gasteiger partial charge in [-0.1, -0.05) is 42.5 Å². The number of hydrogen-bond acceptors (Lipinski definition) is 3. The molecule has 0 unspecified atom stereocenters. The molecule has 0 spiro atoms. The van der Waals surface area contributed by atoms with Crippen LogP contribution in [0.2, 0.25) is 0 Å². The third-order valence-electron chi connectivity index (χ3n) is 5.30. The number of imidazole rings is 1. The van der Waals surface area contributed by atoms with Gasteiger partial charge in [0.2, 0.25) is 0 Å². The Morgan fingerprint density at radius 1 is 1.11 bits per heavy atom. The predicted octanol–water partition coefficient (Wildman–Crippen LogP) is 4.83. The molecule has 0 saturated carbocycles. The molecule has 0 fully saturated rings. The molecule has 4 aromatic rings. The molecule has 2 aromatic carbocycles. The molecule has 1 atom stereocenters. The fourth-order valence-electron chi connectivity index (χ4n) is 3.87. The van der Waals surface area contributed by atoms with Crippen LogP contribution in [0.25, 0.3) is 11.0 Å². The molecule has 0 bridgehead atoms. The molecule has 28 heavy (non-hydrogen) atoms. The minimum Gasteiger partial charge on any atom is -0.341 e. The summed E-state index contributed by atoms with van der Waals surface area (Å²) in [6.07, 6.45) is 4.09. The summed E-state index contributed by atoms with van der Waals surface area (Å²) >= 11 is 1.64. The van der Waals surface area contributed by atoms with Crippen molar-refractivity contribution in [3.63, 3.8) is 0 Å². The first-order valence-corrected chi connectivity index (χ1v) is 10.5. The van der Waals surface area contributed by atoms with E-state index in [1.807, 2.05) is 42.5 Å². The molecular formula is C23H21N3OS. The summed E-state index contributed by atoms with van der Waals surface area (Å²) in [6, 6.07) is 20.0. The number of nitrogens with zero attached hydrogens (tertiary/aromatic N) is 1. The maximum Gasteiger partial charge on any atom is 0.261 e. The highest BCUT2D eigenvalue weighted by Crippen LogP contribution is 2.31. The second kappa shape index (κ2) is 7.24. The number of para-hydroxylation sites is 2. The van der Waals surface area contributed by atoms with Crippen LogP contribution in [0.4, 0.5) is 0 Å². The lowest BCUT2D eigenvalue weighted by Gasteiger charge is -2.16. The first-order valence-electron chi connectivity index (χ1n) is 9.67. The number of carbonyl (C=O) groups is 1. The lowest BCUT2D eigenvalue weighted by atomic mass is 10.1. The van der Waals surface area contributed by atoms with Crippen LogP contribution >= 0.6 is 11.3 Å². The Labute approximate surface area is 167 Å². The van der Waals surface area contributed by atoms with Gasteiger partial charge in [-0.3, -0.25) is 4.79 Å². The lowest BCUT2D eigenvalue weighted by molar-refractivity contribution is 0.0939. The zero-order valence-electron chi connectivity index (χ0n) is 15.4. The summed E-state index contributed by atoms with van der Waals surface area (Å²) in [5, 5.41) is 3.23. The lowest BCUT2D eigenvalue weighted by Crippen LogP contribution is -2.30. The van der Waals surface area contributed by atoms with E-state index in [1.165, 1.54) is 22.4 Å². The topological polar surface area (TPSA) is 57.8 Å². The van der Waals surface area contributed by atoms with E-state index in [0.717, 1.165) is 34.6 Å². The molecule has 5 heteroatoms. The number of H-pyrrole nitrogens is 1. The average Bonchev–Trinajstić information content (AvgIpc) is 3.42. The van der Waals surface area contributed by atoms with E-state index in [4.69, 9.17) is 4.98 Å². The first-order chi connectivity index (χ1) is 13.8. The monoisotopic (exact) mass is 387 g/mol. The summed E-state index contributed by atoms with van der Waals surface area (Å²) < 4.78 is 0. The number of benzene rings is 2. The number of rotatable bonds is 5. The predicted molar refractivity (Wildman–Crippen MR) is 113 cm³/mol. The van der Waals surface area contributed by atoms with Gasteiger partial charge in [0.25, 0.3) is 5.91 Å². The van der Waals surface area contributed by atoms with E-state index in [2.05, 4.69) is 28.5 Å². The number of nitrogens with one attached hydrogen (secondary N) is 2. The summed E-state index contributed by atoms with van der Waals surface area (Å²) in [5.41, 5.74) is 4.42. The van der Waals surface area contributed by atoms with Gasteiger partial charge < -0.3 is 10.3 Å². The van der Waals surface area contributed by atoms with E-state index < -0.39 is 0 Å². The Bertz CT molecular complexity index is 1070. The van der Waals surface area contributed by atoms with E-state index in [0.29, 0.717) is 6.42 Å². The van der Waals surface area contributed by atoms with Crippen LogP contribution in [-0.2, 0) is 19.3 Å². The van der Waals surface area contributed by atoms with Crippen molar-refractivity contribution in [3.05, 3.63) is 87.4 Å². The largest absolute Gasteiger partial charge is 0.341 e. The van der Waals surface area contributed by atoms with Gasteiger partial charge in [-0.25, -0.2) is 4.98 Å². The van der Waals surface area contributed by atoms with Crippen LogP contribution in [0.15, 0.2) is 60.7 Å². The molecular weight excluding hydrogens is 366 g/mol. The van der Waals surface area contributed by atoms with Crippen molar-refractivity contribution in [1.82, 2.24) is 15.3 Å². The zero-order valence-corrected chi connectivity index (χ0v) is 16.3. The Hall–Kier alpha value is -2.92. The van der Waals surface area contributed by atoms with Crippen LogP contribution in [0.5, 0.6) is 0 Å². The van der Waals surface area contributed by atoms with Crippen LogP contribution in [0.3, 0.4) is 0 Å². The Kier molecular flexibility index (Phi) is 4.45. The molecule has 2 aromatic heterocycles. The maximum absolute atomic E-state index is 13.0. The summed E-state index contributed by atoms with van der Waals surface area (Å²) in [5.74, 6) is 0.781. The molecule has 1 aliphatic rings. The molecule has 140 valence electrons. The Balaban J connectivity index is 1.45. The Morgan fingerprint density at radius 3 is 2.75 bits per heavy atom. The highest BCUT2D eigenvalue weighted by atomic mass is 32.1. The zero-order chi connectivity index (χ0) is 18.9. The number of thiophene rings is 1. The number of hydrogen-bond donors (Lipinski definition) is 2. The van der Waals surface area contributed by atoms with Crippen LogP contribution in [0.1, 0.15) is 44.0 Å². The van der Waals surface area contributed by atoms with Crippen LogP contribution in [-0.4, -0.2) is 15.9 Å². The number of carbonyl (C=O) groups excluding carboxylic acids is 1. The van der Waals surface area contributed by atoms with Crippen LogP contribution in [0, 0.1) is 0 Å². The van der Waals surface area contributed by atoms with Crippen molar-refractivity contribution in [2.24, 2.45) is 0 Å². The number of fused-ring (bicyclic) bond motifs is 2. The van der Waals surface area contributed by atoms with Gasteiger partial charge in [-0.05, 0) is 55.0 Å². The molecule has 0 radical (unpaired) electrons. The molecule has 2 N–H and O–H groups in total. The number of aromatic nitrogens is 2. The smallest absolute Gasteiger partial charge is 0.261 e. The van der Waals surface area contributed by atoms with Gasteiger partial charge in [-0.2, -0.15) is 0 Å². The van der Waals surface area contributed by atoms with Crippen LogP contribution < -0.4 is 5.32 Å². The highest BCUT2D eigenvalue weighted by molar-refractivity contribution is 7.14. The maximum atomic E-state index is 13.0. The van der Waals surface area contributed by atoms with Gasteiger partial charge in [0.15, 0.2) is 0 Å². The fourth-order valence-corrected chi connectivity index (χ4v) is 5.03. The minimum atomic E-state index is -0.209. The fraction of sp³-hybridized carbons (Fsp3) is 0.217. The van der Waals surface area contributed by atoms with E-state index >= 15 is 0 Å². The molecule has 5 rings (SSSR count). The summed E-state index contributed by atoms with van der Waals surface area (Å²) in [7, 11) is 0. The van der Waals surface area contributed by atoms with Gasteiger partial charge >= 0.3 is 0 Å². The quantitative estimate of drug-likeness (QED) is 0.515. The van der Waals surface area contributed by atoms with Crippen molar-refractivity contribution in [1.29, 1.82) is 0 Å². The third kappa shape index (κ3) is 3.34. The van der Waals surface area contributed by atoms with Gasteiger partial charge in [0.1, 0.15) is 5.82 Å². The second-order valence-electron chi connectivity index (χ2n) is 7.27. The van der Waals surface area contributed by atoms with Crippen molar-refractivity contribution < 1.29 is 4.79 Å². The second-order valence-corrected chi connectivity index (χ2v) is 8.40. The van der Waals surface area contributed by atoms with Gasteiger partial charge in [0, 0.05) is 4.88 Å². The molecule has 4 nitrogen and oxygen atoms in total. The third-order valence-corrected chi connectivity index (χ3v) is 6.53. The van der Waals surface area contributed by atoms with E-state index in [1.54, 1.807) is 11.3 Å². The van der Waals surface area contributed by atoms with Gasteiger partial charge in [0.05, 0.1) is 22.0 Å². The molecule has 0 saturated heterocycles. The van der Waals surface area contributed by atoms with E-state index in [-0.39, 0.29) is 11.9 Å². The van der Waals surface area contributed by atoms with Crippen molar-refractivity contribution in [3.8, 4) is 0 Å². The number of amides is 1. The Morgan fingerprint density at radius 2 is 1.93 bits per heavy atom. The summed E-state index contributed by atoms with van der Waals surface area (Å²) in [6.45, 7) is 0. The van der Waals surface area contributed by atoms with Crippen molar-refractivity contribution >= 4 is 28.3 Å². The average molecular weight is 388 g/mol. The summed E-state index contributed by atoms with van der Waals surface area (Å²) in [4.78, 5) is 23.3. The SMILES string of the molecule is O=C(N[C@@H](Cc1ccccc1)c1nc2ccccc2[nH]1)c1cc2c(s1)CCC2. The van der Waals surface area contributed by atoms with Gasteiger partial charge in [-0.15, -0.1) is 11.3 Å². The van der Waals surface area contributed by atoms with E-state index in [9.17, 15) is 4.79 Å². The highest BCUT2D eigenvalue weighted by Gasteiger charge is 2.23. The number of aryl methyl sites for hydroxylation is 2. The molecule has 1 amide bonds. The standard InChI is InChI=1S/C23H21N3OS/c27-23(21-14-16-9-6-12-20(16)28-21)26-19(13-15-7-2-1-3-8-15)22-24-17-10-4-5-11-18(17)25-22/h1-5,7-8,10-11,14,19H,6,9,12-13H2,(H,24,25)(H,26,27)/t19-/m0/s1. The normalized spacial score (nSPS) is 14.1. The van der Waals surface area contributed by atoms with Crippen molar-refractivity contribution in [2.45, 2.75) is 31.7 Å². The number of aromatic amines is 1. The minimum absolute atomic E-state index is 0.0132.